The average Bonchev–Trinajstić information content (AvgIpc) is 3.01. The number of benzene rings is 3. The lowest BCUT2D eigenvalue weighted by Gasteiger charge is -2.32. The van der Waals surface area contributed by atoms with Crippen LogP contribution in [-0.2, 0) is 62.6 Å². The van der Waals surface area contributed by atoms with Gasteiger partial charge in [0.1, 0.15) is 35.6 Å². The molecule has 14 heteroatoms. The monoisotopic (exact) mass is 668 g/mol. The van der Waals surface area contributed by atoms with E-state index in [0.717, 1.165) is 29.2 Å². The third-order valence-corrected chi connectivity index (χ3v) is 7.57. The Balaban J connectivity index is 1.91. The smallest absolute Gasteiger partial charge is 0.264 e. The molecule has 0 bridgehead atoms. The molecule has 0 aliphatic rings. The Kier molecular flexibility index (Phi) is 14.1. The summed E-state index contributed by atoms with van der Waals surface area (Å²) >= 11 is 0. The standard InChI is InChI=1S/C31H40O12S2/c1-36-26-12-6-23(7-13-26)18-39-21-30(43-45(5,34)35)31(41-20-25-10-16-28(38-3)17-11-25)29(22-42-44(4,32)33)40-19-24-8-14-27(37-2)15-9-24/h6-17,29-31H,18-22H2,1-5H3/t29-,30+,31+/m1/s1. The zero-order valence-electron chi connectivity index (χ0n) is 25.9. The molecule has 0 N–H and O–H groups in total. The van der Waals surface area contributed by atoms with Gasteiger partial charge in [-0.15, -0.1) is 0 Å². The van der Waals surface area contributed by atoms with Crippen LogP contribution >= 0.6 is 0 Å². The van der Waals surface area contributed by atoms with Crippen molar-refractivity contribution in [3.8, 4) is 17.2 Å². The second-order valence-corrected chi connectivity index (χ2v) is 13.3. The Morgan fingerprint density at radius 3 is 1.36 bits per heavy atom. The zero-order valence-corrected chi connectivity index (χ0v) is 27.5. The van der Waals surface area contributed by atoms with Crippen LogP contribution < -0.4 is 14.2 Å². The highest BCUT2D eigenvalue weighted by Crippen LogP contribution is 2.22. The maximum Gasteiger partial charge on any atom is 0.264 e. The maximum absolute atomic E-state index is 12.4. The van der Waals surface area contributed by atoms with E-state index in [1.165, 1.54) is 0 Å². The normalized spacial score (nSPS) is 14.0. The summed E-state index contributed by atoms with van der Waals surface area (Å²) in [4.78, 5) is 0. The van der Waals surface area contributed by atoms with Gasteiger partial charge in [-0.1, -0.05) is 36.4 Å². The SMILES string of the molecule is COc1ccc(COC[C@H](OS(C)(=O)=O)[C@@H](OCc2ccc(OC)cc2)[C@@H](COS(C)(=O)=O)OCc2ccc(OC)cc2)cc1. The number of hydrogen-bond donors (Lipinski definition) is 0. The van der Waals surface area contributed by atoms with Gasteiger partial charge < -0.3 is 28.4 Å². The first-order valence-electron chi connectivity index (χ1n) is 13.8. The molecule has 0 aliphatic carbocycles. The first-order chi connectivity index (χ1) is 21.4. The fourth-order valence-electron chi connectivity index (χ4n) is 4.14. The van der Waals surface area contributed by atoms with Crippen molar-refractivity contribution in [3.05, 3.63) is 89.5 Å². The van der Waals surface area contributed by atoms with Crippen molar-refractivity contribution >= 4 is 20.2 Å². The Bertz CT molecular complexity index is 1510. The van der Waals surface area contributed by atoms with Crippen molar-refractivity contribution in [1.82, 2.24) is 0 Å². The number of methoxy groups -OCH3 is 3. The summed E-state index contributed by atoms with van der Waals surface area (Å²) in [6.07, 6.45) is -1.72. The molecule has 0 aromatic heterocycles. The highest BCUT2D eigenvalue weighted by molar-refractivity contribution is 7.86. The molecule has 0 amide bonds. The van der Waals surface area contributed by atoms with Crippen LogP contribution in [0.25, 0.3) is 0 Å². The lowest BCUT2D eigenvalue weighted by atomic mass is 10.1. The maximum atomic E-state index is 12.4. The Morgan fingerprint density at radius 2 is 0.956 bits per heavy atom. The molecule has 3 aromatic rings. The van der Waals surface area contributed by atoms with Crippen LogP contribution in [0.15, 0.2) is 72.8 Å². The minimum Gasteiger partial charge on any atom is -0.497 e. The Labute approximate surface area is 265 Å². The first kappa shape index (κ1) is 36.2. The van der Waals surface area contributed by atoms with Crippen LogP contribution in [0.5, 0.6) is 17.2 Å². The fourth-order valence-corrected chi connectivity index (χ4v) is 5.13. The van der Waals surface area contributed by atoms with Gasteiger partial charge in [-0.05, 0) is 53.1 Å². The molecule has 3 aromatic carbocycles. The van der Waals surface area contributed by atoms with E-state index >= 15 is 0 Å². The highest BCUT2D eigenvalue weighted by Gasteiger charge is 2.36. The summed E-state index contributed by atoms with van der Waals surface area (Å²) in [6, 6.07) is 21.3. The number of rotatable bonds is 20. The van der Waals surface area contributed by atoms with Crippen molar-refractivity contribution in [2.45, 2.75) is 38.1 Å². The topological polar surface area (TPSA) is 142 Å². The fraction of sp³-hybridized carbons (Fsp3) is 0.419. The minimum absolute atomic E-state index is 0.00195. The quantitative estimate of drug-likeness (QED) is 0.162. The van der Waals surface area contributed by atoms with E-state index in [2.05, 4.69) is 0 Å². The molecule has 0 heterocycles. The van der Waals surface area contributed by atoms with E-state index in [9.17, 15) is 16.8 Å². The predicted molar refractivity (Wildman–Crippen MR) is 166 cm³/mol. The molecule has 0 unspecified atom stereocenters. The van der Waals surface area contributed by atoms with Crippen LogP contribution in [-0.4, -0.2) is 82.2 Å². The van der Waals surface area contributed by atoms with E-state index in [-0.39, 0.29) is 26.4 Å². The highest BCUT2D eigenvalue weighted by atomic mass is 32.2. The van der Waals surface area contributed by atoms with Gasteiger partial charge in [0.2, 0.25) is 0 Å². The zero-order chi connectivity index (χ0) is 32.9. The number of hydrogen-bond acceptors (Lipinski definition) is 12. The minimum atomic E-state index is -4.04. The summed E-state index contributed by atoms with van der Waals surface area (Å²) < 4.78 is 93.4. The number of ether oxygens (including phenoxy) is 6. The lowest BCUT2D eigenvalue weighted by molar-refractivity contribution is -0.147. The molecule has 45 heavy (non-hydrogen) atoms. The Morgan fingerprint density at radius 1 is 0.533 bits per heavy atom. The Hall–Kier alpha value is -3.24. The van der Waals surface area contributed by atoms with E-state index in [1.807, 2.05) is 12.1 Å². The van der Waals surface area contributed by atoms with Gasteiger partial charge in [0.05, 0.1) is 66.9 Å². The molecule has 248 valence electrons. The van der Waals surface area contributed by atoms with E-state index in [4.69, 9.17) is 36.8 Å². The van der Waals surface area contributed by atoms with E-state index < -0.39 is 45.2 Å². The summed E-state index contributed by atoms with van der Waals surface area (Å²) in [6.45, 7) is -0.589. The van der Waals surface area contributed by atoms with Crippen LogP contribution in [0.2, 0.25) is 0 Å². The molecule has 0 spiro atoms. The first-order valence-corrected chi connectivity index (χ1v) is 17.4. The molecule has 0 radical (unpaired) electrons. The molecule has 0 fully saturated rings. The molecular weight excluding hydrogens is 628 g/mol. The third kappa shape index (κ3) is 13.3. The van der Waals surface area contributed by atoms with Gasteiger partial charge in [0.25, 0.3) is 20.2 Å². The molecule has 3 atom stereocenters. The van der Waals surface area contributed by atoms with Crippen molar-refractivity contribution in [2.75, 3.05) is 47.1 Å². The van der Waals surface area contributed by atoms with Crippen LogP contribution in [0, 0.1) is 0 Å². The summed E-state index contributed by atoms with van der Waals surface area (Å²) in [5.74, 6) is 1.96. The van der Waals surface area contributed by atoms with Crippen molar-refractivity contribution in [3.63, 3.8) is 0 Å². The molecule has 0 saturated carbocycles. The van der Waals surface area contributed by atoms with Gasteiger partial charge >= 0.3 is 0 Å². The van der Waals surface area contributed by atoms with Crippen molar-refractivity contribution in [1.29, 1.82) is 0 Å². The molecule has 0 saturated heterocycles. The van der Waals surface area contributed by atoms with Gasteiger partial charge in [0, 0.05) is 0 Å². The largest absolute Gasteiger partial charge is 0.497 e. The van der Waals surface area contributed by atoms with Crippen LogP contribution in [0.1, 0.15) is 16.7 Å². The molecule has 0 aliphatic heterocycles. The summed E-state index contributed by atoms with van der Waals surface area (Å²) in [5, 5.41) is 0. The molecule has 3 rings (SSSR count). The second kappa shape index (κ2) is 17.5. The average molecular weight is 669 g/mol. The predicted octanol–water partition coefficient (Wildman–Crippen LogP) is 3.72. The van der Waals surface area contributed by atoms with E-state index in [1.54, 1.807) is 82.0 Å². The van der Waals surface area contributed by atoms with Crippen molar-refractivity contribution in [2.24, 2.45) is 0 Å². The lowest BCUT2D eigenvalue weighted by Crippen LogP contribution is -2.48. The summed E-state index contributed by atoms with van der Waals surface area (Å²) in [5.41, 5.74) is 2.28. The van der Waals surface area contributed by atoms with Gasteiger partial charge in [-0.25, -0.2) is 0 Å². The third-order valence-electron chi connectivity index (χ3n) is 6.41. The van der Waals surface area contributed by atoms with Crippen LogP contribution in [0.4, 0.5) is 0 Å². The van der Waals surface area contributed by atoms with Gasteiger partial charge in [0.15, 0.2) is 0 Å². The molecule has 12 nitrogen and oxygen atoms in total. The summed E-state index contributed by atoms with van der Waals surface area (Å²) in [7, 11) is -3.28. The van der Waals surface area contributed by atoms with Crippen LogP contribution in [0.3, 0.4) is 0 Å². The van der Waals surface area contributed by atoms with E-state index in [0.29, 0.717) is 17.2 Å². The van der Waals surface area contributed by atoms with Gasteiger partial charge in [-0.3, -0.25) is 8.37 Å². The van der Waals surface area contributed by atoms with Gasteiger partial charge in [-0.2, -0.15) is 16.8 Å². The van der Waals surface area contributed by atoms with Crippen molar-refractivity contribution < 1.29 is 53.6 Å². The second-order valence-electron chi connectivity index (χ2n) is 10.0. The molecular formula is C31H40O12S2.